The summed E-state index contributed by atoms with van der Waals surface area (Å²) in [5.74, 6) is -0.830. The minimum absolute atomic E-state index is 0.160. The zero-order valence-electron chi connectivity index (χ0n) is 11.1. The number of nitrogens with one attached hydrogen (secondary N) is 1. The lowest BCUT2D eigenvalue weighted by Gasteiger charge is -2.18. The molecule has 0 aliphatic rings. The molecule has 0 heterocycles. The average Bonchev–Trinajstić information content (AvgIpc) is 2.30. The van der Waals surface area contributed by atoms with Crippen molar-refractivity contribution < 1.29 is 9.59 Å². The second kappa shape index (κ2) is 6.19. The predicted molar refractivity (Wildman–Crippen MR) is 70.8 cm³/mol. The highest BCUT2D eigenvalue weighted by atomic mass is 16.2. The van der Waals surface area contributed by atoms with Gasteiger partial charge in [-0.2, -0.15) is 0 Å². The van der Waals surface area contributed by atoms with E-state index in [0.717, 1.165) is 11.1 Å². The van der Waals surface area contributed by atoms with E-state index in [1.807, 2.05) is 31.2 Å². The summed E-state index contributed by atoms with van der Waals surface area (Å²) >= 11 is 0. The highest BCUT2D eigenvalue weighted by molar-refractivity contribution is 5.87. The fourth-order valence-corrected chi connectivity index (χ4v) is 1.62. The third-order valence-corrected chi connectivity index (χ3v) is 2.87. The van der Waals surface area contributed by atoms with Crippen LogP contribution in [0.5, 0.6) is 0 Å². The van der Waals surface area contributed by atoms with Crippen molar-refractivity contribution in [1.29, 1.82) is 0 Å². The summed E-state index contributed by atoms with van der Waals surface area (Å²) in [6.45, 7) is 5.53. The molecule has 1 rings (SSSR count). The van der Waals surface area contributed by atoms with Crippen LogP contribution in [0.3, 0.4) is 0 Å². The molecule has 1 aromatic rings. The summed E-state index contributed by atoms with van der Waals surface area (Å²) in [5.41, 5.74) is 7.43. The van der Waals surface area contributed by atoms with Gasteiger partial charge < -0.3 is 11.1 Å². The zero-order valence-corrected chi connectivity index (χ0v) is 11.1. The van der Waals surface area contributed by atoms with Crippen molar-refractivity contribution in [3.8, 4) is 0 Å². The van der Waals surface area contributed by atoms with Crippen LogP contribution in [-0.4, -0.2) is 17.9 Å². The van der Waals surface area contributed by atoms with E-state index in [0.29, 0.717) is 6.42 Å². The quantitative estimate of drug-likeness (QED) is 0.820. The summed E-state index contributed by atoms with van der Waals surface area (Å²) in [6.07, 6.45) is 0.431. The van der Waals surface area contributed by atoms with E-state index in [2.05, 4.69) is 5.32 Å². The molecular formula is C14H20N2O2. The SMILES string of the molecule is Cc1ccccc1C[C@H](NC(=O)C(C)C)C(N)=O. The van der Waals surface area contributed by atoms with Gasteiger partial charge >= 0.3 is 0 Å². The minimum atomic E-state index is -0.652. The van der Waals surface area contributed by atoms with Crippen molar-refractivity contribution in [2.75, 3.05) is 0 Å². The Kier molecular flexibility index (Phi) is 4.89. The largest absolute Gasteiger partial charge is 0.368 e. The van der Waals surface area contributed by atoms with Crippen LogP contribution in [0.1, 0.15) is 25.0 Å². The van der Waals surface area contributed by atoms with Crippen LogP contribution in [0, 0.1) is 12.8 Å². The van der Waals surface area contributed by atoms with Crippen LogP contribution in [0.15, 0.2) is 24.3 Å². The lowest BCUT2D eigenvalue weighted by atomic mass is 10.0. The third-order valence-electron chi connectivity index (χ3n) is 2.87. The van der Waals surface area contributed by atoms with Crippen LogP contribution < -0.4 is 11.1 Å². The number of aryl methyl sites for hydroxylation is 1. The van der Waals surface area contributed by atoms with E-state index in [1.165, 1.54) is 0 Å². The van der Waals surface area contributed by atoms with Gasteiger partial charge in [0.1, 0.15) is 6.04 Å². The number of hydrogen-bond donors (Lipinski definition) is 2. The number of hydrogen-bond acceptors (Lipinski definition) is 2. The van der Waals surface area contributed by atoms with Gasteiger partial charge in [-0.15, -0.1) is 0 Å². The fourth-order valence-electron chi connectivity index (χ4n) is 1.62. The van der Waals surface area contributed by atoms with E-state index in [-0.39, 0.29) is 11.8 Å². The fraction of sp³-hybridized carbons (Fsp3) is 0.429. The molecular weight excluding hydrogens is 228 g/mol. The molecule has 0 spiro atoms. The van der Waals surface area contributed by atoms with Crippen molar-refractivity contribution in [2.45, 2.75) is 33.2 Å². The first-order valence-electron chi connectivity index (χ1n) is 6.06. The van der Waals surface area contributed by atoms with Crippen LogP contribution in [0.25, 0.3) is 0 Å². The first-order chi connectivity index (χ1) is 8.41. The highest BCUT2D eigenvalue weighted by Crippen LogP contribution is 2.10. The maximum Gasteiger partial charge on any atom is 0.240 e. The molecule has 0 saturated carbocycles. The Morgan fingerprint density at radius 2 is 1.89 bits per heavy atom. The van der Waals surface area contributed by atoms with Crippen LogP contribution in [0.2, 0.25) is 0 Å². The average molecular weight is 248 g/mol. The molecule has 0 unspecified atom stereocenters. The Bertz CT molecular complexity index is 441. The van der Waals surface area contributed by atoms with Gasteiger partial charge in [-0.25, -0.2) is 0 Å². The summed E-state index contributed by atoms with van der Waals surface area (Å²) in [7, 11) is 0. The molecule has 0 radical (unpaired) electrons. The molecule has 4 nitrogen and oxygen atoms in total. The first-order valence-corrected chi connectivity index (χ1v) is 6.06. The van der Waals surface area contributed by atoms with Crippen LogP contribution >= 0.6 is 0 Å². The van der Waals surface area contributed by atoms with Crippen molar-refractivity contribution in [1.82, 2.24) is 5.32 Å². The molecule has 1 atom stereocenters. The monoisotopic (exact) mass is 248 g/mol. The van der Waals surface area contributed by atoms with Gasteiger partial charge in [0.2, 0.25) is 11.8 Å². The van der Waals surface area contributed by atoms with Crippen LogP contribution in [0.4, 0.5) is 0 Å². The molecule has 1 aromatic carbocycles. The summed E-state index contributed by atoms with van der Waals surface area (Å²) in [6, 6.07) is 7.10. The number of carbonyl (C=O) groups is 2. The van der Waals surface area contributed by atoms with E-state index in [9.17, 15) is 9.59 Å². The van der Waals surface area contributed by atoms with E-state index < -0.39 is 11.9 Å². The van der Waals surface area contributed by atoms with E-state index in [1.54, 1.807) is 13.8 Å². The molecule has 0 saturated heterocycles. The maximum atomic E-state index is 11.6. The maximum absolute atomic E-state index is 11.6. The van der Waals surface area contributed by atoms with Gasteiger partial charge in [0.05, 0.1) is 0 Å². The molecule has 0 bridgehead atoms. The predicted octanol–water partition coefficient (Wildman–Crippen LogP) is 1.16. The van der Waals surface area contributed by atoms with Gasteiger partial charge in [-0.1, -0.05) is 38.1 Å². The number of benzene rings is 1. The van der Waals surface area contributed by atoms with Gasteiger partial charge in [0.15, 0.2) is 0 Å². The summed E-state index contributed by atoms with van der Waals surface area (Å²) < 4.78 is 0. The van der Waals surface area contributed by atoms with Crippen molar-refractivity contribution in [2.24, 2.45) is 11.7 Å². The third kappa shape index (κ3) is 3.87. The Hall–Kier alpha value is -1.84. The van der Waals surface area contributed by atoms with Gasteiger partial charge in [0, 0.05) is 12.3 Å². The Labute approximate surface area is 108 Å². The number of nitrogens with two attached hydrogens (primary N) is 1. The Morgan fingerprint density at radius 3 is 2.39 bits per heavy atom. The molecule has 0 aromatic heterocycles. The number of rotatable bonds is 5. The summed E-state index contributed by atoms with van der Waals surface area (Å²) in [5, 5.41) is 2.68. The molecule has 3 N–H and O–H groups in total. The normalized spacial score (nSPS) is 12.2. The first kappa shape index (κ1) is 14.2. The number of amides is 2. The minimum Gasteiger partial charge on any atom is -0.368 e. The lowest BCUT2D eigenvalue weighted by molar-refractivity contribution is -0.129. The van der Waals surface area contributed by atoms with E-state index >= 15 is 0 Å². The smallest absolute Gasteiger partial charge is 0.240 e. The standard InChI is InChI=1S/C14H20N2O2/c1-9(2)14(18)16-12(13(15)17)8-11-7-5-4-6-10(11)3/h4-7,9,12H,8H2,1-3H3,(H2,15,17)(H,16,18)/t12-/m0/s1. The Balaban J connectivity index is 2.79. The van der Waals surface area contributed by atoms with Gasteiger partial charge in [0.25, 0.3) is 0 Å². The van der Waals surface area contributed by atoms with Crippen molar-refractivity contribution in [3.63, 3.8) is 0 Å². The van der Waals surface area contributed by atoms with Gasteiger partial charge in [-0.3, -0.25) is 9.59 Å². The molecule has 0 aliphatic carbocycles. The number of primary amides is 1. The Morgan fingerprint density at radius 1 is 1.28 bits per heavy atom. The van der Waals surface area contributed by atoms with Crippen molar-refractivity contribution >= 4 is 11.8 Å². The second-order valence-electron chi connectivity index (χ2n) is 4.75. The zero-order chi connectivity index (χ0) is 13.7. The number of carbonyl (C=O) groups excluding carboxylic acids is 2. The topological polar surface area (TPSA) is 72.2 Å². The van der Waals surface area contributed by atoms with Crippen molar-refractivity contribution in [3.05, 3.63) is 35.4 Å². The van der Waals surface area contributed by atoms with Gasteiger partial charge in [-0.05, 0) is 18.1 Å². The molecule has 4 heteroatoms. The molecule has 2 amide bonds. The van der Waals surface area contributed by atoms with Crippen LogP contribution in [-0.2, 0) is 16.0 Å². The molecule has 0 aliphatic heterocycles. The van der Waals surface area contributed by atoms with E-state index in [4.69, 9.17) is 5.73 Å². The summed E-state index contributed by atoms with van der Waals surface area (Å²) in [4.78, 5) is 23.0. The highest BCUT2D eigenvalue weighted by Gasteiger charge is 2.20. The molecule has 18 heavy (non-hydrogen) atoms. The molecule has 98 valence electrons. The lowest BCUT2D eigenvalue weighted by Crippen LogP contribution is -2.47. The second-order valence-corrected chi connectivity index (χ2v) is 4.75. The molecule has 0 fully saturated rings.